The molecule has 72 valence electrons. The average molecular weight is 185 g/mol. The molecule has 13 heavy (non-hydrogen) atoms. The van der Waals surface area contributed by atoms with Crippen LogP contribution in [0.2, 0.25) is 0 Å². The van der Waals surface area contributed by atoms with Crippen LogP contribution in [0.1, 0.15) is 5.56 Å². The Labute approximate surface area is 75.9 Å². The number of benzene rings is 1. The van der Waals surface area contributed by atoms with Crippen LogP contribution in [0.5, 0.6) is 11.5 Å². The van der Waals surface area contributed by atoms with Crippen molar-refractivity contribution in [3.8, 4) is 11.5 Å². The minimum atomic E-state index is -0.728. The normalized spacial score (nSPS) is 10.1. The summed E-state index contributed by atoms with van der Waals surface area (Å²) < 4.78 is 17.9. The lowest BCUT2D eigenvalue weighted by molar-refractivity contribution is 0.362. The van der Waals surface area contributed by atoms with Gasteiger partial charge in [0.15, 0.2) is 11.5 Å². The highest BCUT2D eigenvalue weighted by Gasteiger charge is 2.11. The van der Waals surface area contributed by atoms with E-state index in [1.807, 2.05) is 0 Å². The minimum absolute atomic E-state index is 0.0401. The van der Waals surface area contributed by atoms with Crippen molar-refractivity contribution in [2.45, 2.75) is 6.42 Å². The molecular formula is C9H12FNO2. The lowest BCUT2D eigenvalue weighted by Gasteiger charge is -2.07. The van der Waals surface area contributed by atoms with Crippen LogP contribution in [-0.2, 0) is 6.42 Å². The summed E-state index contributed by atoms with van der Waals surface area (Å²) in [5.74, 6) is -1.06. The number of rotatable bonds is 3. The Kier molecular flexibility index (Phi) is 3.08. The van der Waals surface area contributed by atoms with Crippen LogP contribution in [0.15, 0.2) is 12.1 Å². The van der Waals surface area contributed by atoms with E-state index < -0.39 is 5.82 Å². The first-order valence-electron chi connectivity index (χ1n) is 3.95. The molecule has 0 spiro atoms. The molecule has 4 heteroatoms. The largest absolute Gasteiger partial charge is 0.505 e. The van der Waals surface area contributed by atoms with Crippen molar-refractivity contribution < 1.29 is 14.2 Å². The Morgan fingerprint density at radius 2 is 2.23 bits per heavy atom. The Hall–Kier alpha value is -1.29. The molecule has 0 unspecified atom stereocenters. The molecule has 1 aromatic carbocycles. The van der Waals surface area contributed by atoms with Crippen molar-refractivity contribution in [3.05, 3.63) is 23.5 Å². The Morgan fingerprint density at radius 1 is 1.54 bits per heavy atom. The number of methoxy groups -OCH3 is 1. The SMILES string of the molecule is COc1ccc(CCN)c(O)c1F. The van der Waals surface area contributed by atoms with Gasteiger partial charge >= 0.3 is 0 Å². The molecule has 3 N–H and O–H groups in total. The Bertz CT molecular complexity index is 302. The van der Waals surface area contributed by atoms with Crippen LogP contribution >= 0.6 is 0 Å². The summed E-state index contributed by atoms with van der Waals surface area (Å²) >= 11 is 0. The molecule has 0 amide bonds. The predicted octanol–water partition coefficient (Wildman–Crippen LogP) is 1.04. The Morgan fingerprint density at radius 3 is 2.77 bits per heavy atom. The van der Waals surface area contributed by atoms with E-state index in [0.29, 0.717) is 18.5 Å². The molecule has 0 radical (unpaired) electrons. The van der Waals surface area contributed by atoms with Gasteiger partial charge in [0.25, 0.3) is 0 Å². The summed E-state index contributed by atoms with van der Waals surface area (Å²) in [6.07, 6.45) is 0.451. The summed E-state index contributed by atoms with van der Waals surface area (Å²) in [5.41, 5.74) is 5.79. The zero-order valence-corrected chi connectivity index (χ0v) is 7.38. The fraction of sp³-hybridized carbons (Fsp3) is 0.333. The monoisotopic (exact) mass is 185 g/mol. The Balaban J connectivity index is 3.07. The summed E-state index contributed by atoms with van der Waals surface area (Å²) in [6, 6.07) is 3.07. The highest BCUT2D eigenvalue weighted by atomic mass is 19.1. The van der Waals surface area contributed by atoms with Crippen LogP contribution in [0.25, 0.3) is 0 Å². The molecule has 0 fully saturated rings. The molecule has 0 heterocycles. The molecule has 0 bridgehead atoms. The third kappa shape index (κ3) is 1.89. The summed E-state index contributed by atoms with van der Waals surface area (Å²) in [6.45, 7) is 0.374. The van der Waals surface area contributed by atoms with Gasteiger partial charge in [-0.15, -0.1) is 0 Å². The molecule has 0 atom stereocenters. The summed E-state index contributed by atoms with van der Waals surface area (Å²) in [7, 11) is 1.35. The molecule has 0 aliphatic rings. The van der Waals surface area contributed by atoms with Crippen molar-refractivity contribution in [2.75, 3.05) is 13.7 Å². The van der Waals surface area contributed by atoms with Gasteiger partial charge in [-0.25, -0.2) is 0 Å². The van der Waals surface area contributed by atoms with Crippen LogP contribution < -0.4 is 10.5 Å². The van der Waals surface area contributed by atoms with Gasteiger partial charge in [-0.1, -0.05) is 6.07 Å². The first kappa shape index (κ1) is 9.80. The van der Waals surface area contributed by atoms with Gasteiger partial charge < -0.3 is 15.6 Å². The second-order valence-corrected chi connectivity index (χ2v) is 2.63. The van der Waals surface area contributed by atoms with E-state index >= 15 is 0 Å². The third-order valence-electron chi connectivity index (χ3n) is 1.80. The van der Waals surface area contributed by atoms with Gasteiger partial charge in [0.05, 0.1) is 7.11 Å². The quantitative estimate of drug-likeness (QED) is 0.739. The van der Waals surface area contributed by atoms with Gasteiger partial charge in [-0.3, -0.25) is 0 Å². The van der Waals surface area contributed by atoms with Crippen LogP contribution in [0.3, 0.4) is 0 Å². The fourth-order valence-corrected chi connectivity index (χ4v) is 1.10. The molecule has 0 aliphatic heterocycles. The minimum Gasteiger partial charge on any atom is -0.505 e. The molecule has 1 rings (SSSR count). The standard InChI is InChI=1S/C9H12FNO2/c1-13-7-3-2-6(4-5-11)9(12)8(7)10/h2-3,12H,4-5,11H2,1H3. The molecule has 0 aliphatic carbocycles. The van der Waals surface area contributed by atoms with Crippen molar-refractivity contribution >= 4 is 0 Å². The highest BCUT2D eigenvalue weighted by Crippen LogP contribution is 2.29. The smallest absolute Gasteiger partial charge is 0.206 e. The number of hydrogen-bond donors (Lipinski definition) is 2. The highest BCUT2D eigenvalue weighted by molar-refractivity contribution is 5.41. The molecular weight excluding hydrogens is 173 g/mol. The van der Waals surface area contributed by atoms with E-state index in [9.17, 15) is 9.50 Å². The van der Waals surface area contributed by atoms with E-state index in [-0.39, 0.29) is 11.5 Å². The zero-order valence-electron chi connectivity index (χ0n) is 7.38. The van der Waals surface area contributed by atoms with E-state index in [1.54, 1.807) is 6.07 Å². The summed E-state index contributed by atoms with van der Waals surface area (Å²) in [4.78, 5) is 0. The second-order valence-electron chi connectivity index (χ2n) is 2.63. The van der Waals surface area contributed by atoms with Gasteiger partial charge in [-0.05, 0) is 24.6 Å². The maximum Gasteiger partial charge on any atom is 0.206 e. The van der Waals surface area contributed by atoms with Gasteiger partial charge in [0.2, 0.25) is 5.82 Å². The van der Waals surface area contributed by atoms with Crippen molar-refractivity contribution in [2.24, 2.45) is 5.73 Å². The lowest BCUT2D eigenvalue weighted by atomic mass is 10.1. The van der Waals surface area contributed by atoms with Crippen LogP contribution in [0.4, 0.5) is 4.39 Å². The first-order valence-corrected chi connectivity index (χ1v) is 3.95. The van der Waals surface area contributed by atoms with Crippen LogP contribution in [-0.4, -0.2) is 18.8 Å². The van der Waals surface area contributed by atoms with Crippen LogP contribution in [0, 0.1) is 5.82 Å². The number of phenols is 1. The summed E-state index contributed by atoms with van der Waals surface area (Å²) in [5, 5.41) is 9.33. The number of aromatic hydroxyl groups is 1. The van der Waals surface area contributed by atoms with Crippen molar-refractivity contribution in [1.29, 1.82) is 0 Å². The maximum atomic E-state index is 13.2. The number of halogens is 1. The van der Waals surface area contributed by atoms with Gasteiger partial charge in [0.1, 0.15) is 0 Å². The zero-order chi connectivity index (χ0) is 9.84. The van der Waals surface area contributed by atoms with E-state index in [4.69, 9.17) is 10.5 Å². The fourth-order valence-electron chi connectivity index (χ4n) is 1.10. The van der Waals surface area contributed by atoms with Crippen molar-refractivity contribution in [3.63, 3.8) is 0 Å². The van der Waals surface area contributed by atoms with Gasteiger partial charge in [0, 0.05) is 0 Å². The molecule has 0 saturated carbocycles. The topological polar surface area (TPSA) is 55.5 Å². The third-order valence-corrected chi connectivity index (χ3v) is 1.80. The maximum absolute atomic E-state index is 13.2. The lowest BCUT2D eigenvalue weighted by Crippen LogP contribution is -2.03. The molecule has 1 aromatic rings. The first-order chi connectivity index (χ1) is 6.20. The van der Waals surface area contributed by atoms with E-state index in [0.717, 1.165) is 0 Å². The van der Waals surface area contributed by atoms with Crippen molar-refractivity contribution in [1.82, 2.24) is 0 Å². The number of nitrogens with two attached hydrogens (primary N) is 1. The molecule has 0 saturated heterocycles. The second kappa shape index (κ2) is 4.09. The van der Waals surface area contributed by atoms with E-state index in [1.165, 1.54) is 13.2 Å². The van der Waals surface area contributed by atoms with Gasteiger partial charge in [-0.2, -0.15) is 4.39 Å². The predicted molar refractivity (Wildman–Crippen MR) is 47.4 cm³/mol. The average Bonchev–Trinajstić information content (AvgIpc) is 2.14. The number of ether oxygens (including phenoxy) is 1. The number of phenolic OH excluding ortho intramolecular Hbond substituents is 1. The molecule has 3 nitrogen and oxygen atoms in total. The van der Waals surface area contributed by atoms with E-state index in [2.05, 4.69) is 0 Å². The molecule has 0 aromatic heterocycles. The number of hydrogen-bond acceptors (Lipinski definition) is 3.